The summed E-state index contributed by atoms with van der Waals surface area (Å²) in [7, 11) is 1.55. The van der Waals surface area contributed by atoms with Gasteiger partial charge < -0.3 is 15.0 Å². The van der Waals surface area contributed by atoms with Crippen molar-refractivity contribution in [3.63, 3.8) is 0 Å². The van der Waals surface area contributed by atoms with Gasteiger partial charge in [-0.2, -0.15) is 4.72 Å². The summed E-state index contributed by atoms with van der Waals surface area (Å²) in [4.78, 5) is 14.5. The third kappa shape index (κ3) is 5.79. The summed E-state index contributed by atoms with van der Waals surface area (Å²) in [5.74, 6) is 0.167. The van der Waals surface area contributed by atoms with Gasteiger partial charge in [0.15, 0.2) is 0 Å². The second-order valence-corrected chi connectivity index (χ2v) is 8.37. The minimum absolute atomic E-state index is 0.0180. The second kappa shape index (κ2) is 9.68. The van der Waals surface area contributed by atoms with Crippen LogP contribution in [0.4, 0.5) is 0 Å². The SMILES string of the molecule is COc1ccc(S(=O)(=O)N[C@@H](C)C(=O)NCC(c2ccccc2)N(C)C)cc1. The van der Waals surface area contributed by atoms with Crippen LogP contribution in [-0.2, 0) is 14.8 Å². The van der Waals surface area contributed by atoms with E-state index in [4.69, 9.17) is 4.74 Å². The maximum absolute atomic E-state index is 12.5. The normalized spacial score (nSPS) is 13.8. The van der Waals surface area contributed by atoms with Crippen molar-refractivity contribution in [2.45, 2.75) is 23.9 Å². The zero-order valence-corrected chi connectivity index (χ0v) is 17.4. The highest BCUT2D eigenvalue weighted by atomic mass is 32.2. The molecule has 0 radical (unpaired) electrons. The molecule has 0 bridgehead atoms. The molecule has 7 nitrogen and oxygen atoms in total. The van der Waals surface area contributed by atoms with Crippen LogP contribution in [0.1, 0.15) is 18.5 Å². The van der Waals surface area contributed by atoms with Gasteiger partial charge in [-0.15, -0.1) is 0 Å². The molecule has 0 aliphatic carbocycles. The van der Waals surface area contributed by atoms with Crippen molar-refractivity contribution >= 4 is 15.9 Å². The quantitative estimate of drug-likeness (QED) is 0.664. The highest BCUT2D eigenvalue weighted by Gasteiger charge is 2.23. The zero-order valence-electron chi connectivity index (χ0n) is 16.5. The van der Waals surface area contributed by atoms with E-state index in [1.807, 2.05) is 49.3 Å². The van der Waals surface area contributed by atoms with Gasteiger partial charge in [-0.25, -0.2) is 8.42 Å². The van der Waals surface area contributed by atoms with Crippen LogP contribution in [0.3, 0.4) is 0 Å². The molecule has 0 aliphatic heterocycles. The van der Waals surface area contributed by atoms with Crippen molar-refractivity contribution in [1.82, 2.24) is 14.9 Å². The molecule has 1 amide bonds. The molecule has 1 unspecified atom stereocenters. The number of methoxy groups -OCH3 is 1. The van der Waals surface area contributed by atoms with Gasteiger partial charge in [0.25, 0.3) is 0 Å². The Balaban J connectivity index is 1.99. The summed E-state index contributed by atoms with van der Waals surface area (Å²) in [5.41, 5.74) is 1.07. The fourth-order valence-electron chi connectivity index (χ4n) is 2.73. The van der Waals surface area contributed by atoms with E-state index in [1.54, 1.807) is 12.1 Å². The number of nitrogens with one attached hydrogen (secondary N) is 2. The predicted octanol–water partition coefficient (Wildman–Crippen LogP) is 1.78. The average Bonchev–Trinajstić information content (AvgIpc) is 2.68. The molecular formula is C20H27N3O4S. The van der Waals surface area contributed by atoms with Gasteiger partial charge in [-0.3, -0.25) is 4.79 Å². The lowest BCUT2D eigenvalue weighted by molar-refractivity contribution is -0.122. The molecule has 152 valence electrons. The van der Waals surface area contributed by atoms with E-state index in [1.165, 1.54) is 26.2 Å². The molecule has 2 atom stereocenters. The summed E-state index contributed by atoms with van der Waals surface area (Å²) >= 11 is 0. The first-order valence-electron chi connectivity index (χ1n) is 8.90. The number of likely N-dealkylation sites (N-methyl/N-ethyl adjacent to an activating group) is 1. The minimum atomic E-state index is -3.81. The van der Waals surface area contributed by atoms with E-state index in [0.717, 1.165) is 5.56 Å². The van der Waals surface area contributed by atoms with E-state index in [9.17, 15) is 13.2 Å². The number of sulfonamides is 1. The van der Waals surface area contributed by atoms with Gasteiger partial charge in [0.05, 0.1) is 24.1 Å². The number of amides is 1. The smallest absolute Gasteiger partial charge is 0.241 e. The fraction of sp³-hybridized carbons (Fsp3) is 0.350. The Kier molecular flexibility index (Phi) is 7.56. The Labute approximate surface area is 166 Å². The first-order valence-corrected chi connectivity index (χ1v) is 10.4. The molecule has 0 spiro atoms. The number of carbonyl (C=O) groups excluding carboxylic acids is 1. The lowest BCUT2D eigenvalue weighted by atomic mass is 10.1. The van der Waals surface area contributed by atoms with Gasteiger partial charge >= 0.3 is 0 Å². The van der Waals surface area contributed by atoms with Crippen molar-refractivity contribution in [3.05, 3.63) is 60.2 Å². The van der Waals surface area contributed by atoms with Crippen LogP contribution >= 0.6 is 0 Å². The number of ether oxygens (including phenoxy) is 1. The number of hydrogen-bond donors (Lipinski definition) is 2. The van der Waals surface area contributed by atoms with E-state index < -0.39 is 16.1 Å². The number of rotatable bonds is 9. The van der Waals surface area contributed by atoms with E-state index >= 15 is 0 Å². The second-order valence-electron chi connectivity index (χ2n) is 6.65. The molecule has 0 aromatic heterocycles. The van der Waals surface area contributed by atoms with Gasteiger partial charge in [0.1, 0.15) is 5.75 Å². The summed E-state index contributed by atoms with van der Waals surface area (Å²) in [5, 5.41) is 2.83. The van der Waals surface area contributed by atoms with Gasteiger partial charge in [0, 0.05) is 6.54 Å². The van der Waals surface area contributed by atoms with Gasteiger partial charge in [-0.05, 0) is 50.8 Å². The summed E-state index contributed by atoms with van der Waals surface area (Å²) in [6, 6.07) is 14.9. The molecule has 0 fully saturated rings. The molecule has 2 aromatic carbocycles. The topological polar surface area (TPSA) is 87.7 Å². The van der Waals surface area contributed by atoms with E-state index in [-0.39, 0.29) is 16.8 Å². The van der Waals surface area contributed by atoms with Crippen molar-refractivity contribution in [1.29, 1.82) is 0 Å². The molecular weight excluding hydrogens is 378 g/mol. The predicted molar refractivity (Wildman–Crippen MR) is 109 cm³/mol. The molecule has 2 N–H and O–H groups in total. The third-order valence-corrected chi connectivity index (χ3v) is 5.93. The summed E-state index contributed by atoms with van der Waals surface area (Å²) in [6.07, 6.45) is 0. The van der Waals surface area contributed by atoms with Gasteiger partial charge in [-0.1, -0.05) is 30.3 Å². The van der Waals surface area contributed by atoms with Crippen molar-refractivity contribution in [2.75, 3.05) is 27.7 Å². The van der Waals surface area contributed by atoms with Crippen molar-refractivity contribution < 1.29 is 17.9 Å². The molecule has 0 saturated carbocycles. The zero-order chi connectivity index (χ0) is 20.7. The van der Waals surface area contributed by atoms with Crippen LogP contribution in [0, 0.1) is 0 Å². The number of benzene rings is 2. The van der Waals surface area contributed by atoms with Crippen LogP contribution in [-0.4, -0.2) is 53.0 Å². The molecule has 28 heavy (non-hydrogen) atoms. The van der Waals surface area contributed by atoms with Crippen LogP contribution < -0.4 is 14.8 Å². The molecule has 0 heterocycles. The highest BCUT2D eigenvalue weighted by molar-refractivity contribution is 7.89. The average molecular weight is 406 g/mol. The molecule has 0 aliphatic rings. The van der Waals surface area contributed by atoms with E-state index in [0.29, 0.717) is 12.3 Å². The lowest BCUT2D eigenvalue weighted by Gasteiger charge is -2.26. The summed E-state index contributed by atoms with van der Waals surface area (Å²) < 4.78 is 32.4. The Morgan fingerprint density at radius 3 is 2.21 bits per heavy atom. The monoisotopic (exact) mass is 405 g/mol. The Morgan fingerprint density at radius 1 is 1.07 bits per heavy atom. The molecule has 2 aromatic rings. The maximum atomic E-state index is 12.5. The maximum Gasteiger partial charge on any atom is 0.241 e. The number of hydrogen-bond acceptors (Lipinski definition) is 5. The minimum Gasteiger partial charge on any atom is -0.497 e. The number of nitrogens with zero attached hydrogens (tertiary/aromatic N) is 1. The van der Waals surface area contributed by atoms with Crippen LogP contribution in [0.15, 0.2) is 59.5 Å². The highest BCUT2D eigenvalue weighted by Crippen LogP contribution is 2.17. The molecule has 2 rings (SSSR count). The first kappa shape index (κ1) is 21.9. The van der Waals surface area contributed by atoms with Gasteiger partial charge in [0.2, 0.25) is 15.9 Å². The Hall–Kier alpha value is -2.42. The standard InChI is InChI=1S/C20H27N3O4S/c1-15(22-28(25,26)18-12-10-17(27-4)11-13-18)20(24)21-14-19(23(2)3)16-8-6-5-7-9-16/h5-13,15,19,22H,14H2,1-4H3,(H,21,24)/t15-,19?/m0/s1. The van der Waals surface area contributed by atoms with E-state index in [2.05, 4.69) is 10.0 Å². The van der Waals surface area contributed by atoms with Crippen LogP contribution in [0.25, 0.3) is 0 Å². The third-order valence-electron chi connectivity index (χ3n) is 4.37. The fourth-order valence-corrected chi connectivity index (χ4v) is 3.94. The molecule has 0 saturated heterocycles. The summed E-state index contributed by atoms with van der Waals surface area (Å²) in [6.45, 7) is 1.88. The Bertz CT molecular complexity index is 868. The number of carbonyl (C=O) groups is 1. The van der Waals surface area contributed by atoms with Crippen LogP contribution in [0.5, 0.6) is 5.75 Å². The Morgan fingerprint density at radius 2 is 1.68 bits per heavy atom. The largest absolute Gasteiger partial charge is 0.497 e. The van der Waals surface area contributed by atoms with Crippen LogP contribution in [0.2, 0.25) is 0 Å². The first-order chi connectivity index (χ1) is 13.2. The lowest BCUT2D eigenvalue weighted by Crippen LogP contribution is -2.46. The van der Waals surface area contributed by atoms with Crippen molar-refractivity contribution in [2.24, 2.45) is 0 Å². The molecule has 8 heteroatoms. The van der Waals surface area contributed by atoms with Crippen molar-refractivity contribution in [3.8, 4) is 5.75 Å².